The zero-order valence-corrected chi connectivity index (χ0v) is 15.6. The molecule has 0 spiro atoms. The summed E-state index contributed by atoms with van der Waals surface area (Å²) in [6, 6.07) is 8.11. The van der Waals surface area contributed by atoms with E-state index in [2.05, 4.69) is 15.5 Å². The van der Waals surface area contributed by atoms with E-state index in [0.717, 1.165) is 23.4 Å². The third kappa shape index (κ3) is 4.78. The summed E-state index contributed by atoms with van der Waals surface area (Å²) in [7, 11) is 0. The fraction of sp³-hybridized carbons (Fsp3) is 0.444. The van der Waals surface area contributed by atoms with Crippen molar-refractivity contribution in [2.45, 2.75) is 32.7 Å². The first kappa shape index (κ1) is 18.3. The maximum atomic E-state index is 12.3. The van der Waals surface area contributed by atoms with Gasteiger partial charge in [0.1, 0.15) is 5.01 Å². The Labute approximate surface area is 156 Å². The van der Waals surface area contributed by atoms with E-state index in [4.69, 9.17) is 5.73 Å². The summed E-state index contributed by atoms with van der Waals surface area (Å²) >= 11 is 1.37. The molecule has 2 heterocycles. The number of likely N-dealkylation sites (tertiary alicyclic amines) is 1. The van der Waals surface area contributed by atoms with Crippen molar-refractivity contribution in [1.82, 2.24) is 20.4 Å². The quantitative estimate of drug-likeness (QED) is 0.717. The average Bonchev–Trinajstić information content (AvgIpc) is 3.19. The molecule has 2 aromatic rings. The number of anilines is 1. The Kier molecular flexibility index (Phi) is 5.82. The smallest absolute Gasteiger partial charge is 0.225 e. The molecule has 26 heavy (non-hydrogen) atoms. The number of hydrogen-bond donors (Lipinski definition) is 2. The molecule has 0 aliphatic carbocycles. The Balaban J connectivity index is 1.42. The Hall–Kier alpha value is -2.48. The van der Waals surface area contributed by atoms with Gasteiger partial charge in [0.05, 0.1) is 5.92 Å². The summed E-state index contributed by atoms with van der Waals surface area (Å²) in [5.41, 5.74) is 7.82. The monoisotopic (exact) mass is 373 g/mol. The number of amides is 2. The average molecular weight is 373 g/mol. The van der Waals surface area contributed by atoms with Gasteiger partial charge in [0.25, 0.3) is 0 Å². The molecule has 0 radical (unpaired) electrons. The third-order valence-corrected chi connectivity index (χ3v) is 5.24. The van der Waals surface area contributed by atoms with E-state index in [1.807, 2.05) is 31.2 Å². The molecule has 3 rings (SSSR count). The van der Waals surface area contributed by atoms with E-state index in [1.54, 1.807) is 4.90 Å². The van der Waals surface area contributed by atoms with E-state index in [9.17, 15) is 9.59 Å². The van der Waals surface area contributed by atoms with Crippen LogP contribution in [0.1, 0.15) is 29.0 Å². The second-order valence-electron chi connectivity index (χ2n) is 6.59. The number of carbonyl (C=O) groups is 2. The van der Waals surface area contributed by atoms with Crippen molar-refractivity contribution < 1.29 is 9.59 Å². The lowest BCUT2D eigenvalue weighted by molar-refractivity contribution is -0.129. The van der Waals surface area contributed by atoms with Gasteiger partial charge in [-0.1, -0.05) is 41.2 Å². The lowest BCUT2D eigenvalue weighted by Crippen LogP contribution is -2.33. The van der Waals surface area contributed by atoms with Gasteiger partial charge in [-0.25, -0.2) is 0 Å². The molecule has 7 nitrogen and oxygen atoms in total. The van der Waals surface area contributed by atoms with Gasteiger partial charge in [0.2, 0.25) is 16.9 Å². The highest BCUT2D eigenvalue weighted by Gasteiger charge is 2.33. The fourth-order valence-electron chi connectivity index (χ4n) is 2.98. The van der Waals surface area contributed by atoms with Crippen LogP contribution in [0, 0.1) is 12.8 Å². The van der Waals surface area contributed by atoms with Gasteiger partial charge in [0.15, 0.2) is 0 Å². The first-order valence-electron chi connectivity index (χ1n) is 8.70. The summed E-state index contributed by atoms with van der Waals surface area (Å²) < 4.78 is 0. The molecule has 1 aromatic heterocycles. The van der Waals surface area contributed by atoms with Gasteiger partial charge in [-0.2, -0.15) is 0 Å². The van der Waals surface area contributed by atoms with Crippen LogP contribution in [0.2, 0.25) is 0 Å². The number of nitrogen functional groups attached to an aromatic ring is 1. The number of aryl methyl sites for hydroxylation is 2. The van der Waals surface area contributed by atoms with E-state index in [1.165, 1.54) is 16.9 Å². The van der Waals surface area contributed by atoms with Gasteiger partial charge in [-0.3, -0.25) is 9.59 Å². The van der Waals surface area contributed by atoms with Gasteiger partial charge in [0, 0.05) is 32.5 Å². The lowest BCUT2D eigenvalue weighted by Gasteiger charge is -2.17. The van der Waals surface area contributed by atoms with Crippen molar-refractivity contribution >= 4 is 28.3 Å². The maximum Gasteiger partial charge on any atom is 0.225 e. The van der Waals surface area contributed by atoms with Crippen LogP contribution in [-0.2, 0) is 22.6 Å². The van der Waals surface area contributed by atoms with E-state index in [-0.39, 0.29) is 24.2 Å². The minimum Gasteiger partial charge on any atom is -0.374 e. The number of benzene rings is 1. The van der Waals surface area contributed by atoms with Crippen molar-refractivity contribution in [1.29, 1.82) is 0 Å². The minimum atomic E-state index is -0.273. The van der Waals surface area contributed by atoms with Crippen molar-refractivity contribution in [2.75, 3.05) is 18.8 Å². The predicted molar refractivity (Wildman–Crippen MR) is 100 cm³/mol. The Bertz CT molecular complexity index is 774. The SMILES string of the molecule is Cc1ccc(CN2CC(C(=O)NCCCc3nnc(N)s3)CC2=O)cc1. The maximum absolute atomic E-state index is 12.3. The third-order valence-electron chi connectivity index (χ3n) is 4.43. The van der Waals surface area contributed by atoms with E-state index >= 15 is 0 Å². The van der Waals surface area contributed by atoms with Crippen molar-refractivity contribution in [3.63, 3.8) is 0 Å². The summed E-state index contributed by atoms with van der Waals surface area (Å²) in [5, 5.41) is 12.0. The highest BCUT2D eigenvalue weighted by atomic mass is 32.1. The fourth-order valence-corrected chi connectivity index (χ4v) is 3.63. The normalized spacial score (nSPS) is 16.9. The van der Waals surface area contributed by atoms with Crippen LogP contribution < -0.4 is 11.1 Å². The van der Waals surface area contributed by atoms with E-state index in [0.29, 0.717) is 24.8 Å². The van der Waals surface area contributed by atoms with Crippen LogP contribution in [-0.4, -0.2) is 40.0 Å². The summed E-state index contributed by atoms with van der Waals surface area (Å²) in [6.07, 6.45) is 1.79. The lowest BCUT2D eigenvalue weighted by atomic mass is 10.1. The van der Waals surface area contributed by atoms with Crippen LogP contribution in [0.4, 0.5) is 5.13 Å². The number of hydrogen-bond acceptors (Lipinski definition) is 6. The molecule has 0 bridgehead atoms. The van der Waals surface area contributed by atoms with Crippen LogP contribution in [0.25, 0.3) is 0 Å². The number of aromatic nitrogens is 2. The second kappa shape index (κ2) is 8.27. The molecule has 3 N–H and O–H groups in total. The highest BCUT2D eigenvalue weighted by molar-refractivity contribution is 7.15. The largest absolute Gasteiger partial charge is 0.374 e. The minimum absolute atomic E-state index is 0.0371. The number of rotatable bonds is 7. The number of nitrogens with zero attached hydrogens (tertiary/aromatic N) is 3. The molecular weight excluding hydrogens is 350 g/mol. The molecule has 8 heteroatoms. The highest BCUT2D eigenvalue weighted by Crippen LogP contribution is 2.20. The Morgan fingerprint density at radius 1 is 1.35 bits per heavy atom. The van der Waals surface area contributed by atoms with Gasteiger partial charge < -0.3 is 16.0 Å². The first-order chi connectivity index (χ1) is 12.5. The molecule has 1 aliphatic rings. The van der Waals surface area contributed by atoms with Gasteiger partial charge in [-0.05, 0) is 18.9 Å². The predicted octanol–water partition coefficient (Wildman–Crippen LogP) is 1.53. The Morgan fingerprint density at radius 2 is 2.12 bits per heavy atom. The molecule has 1 fully saturated rings. The standard InChI is InChI=1S/C18H23N5O2S/c1-12-4-6-13(7-5-12)10-23-11-14(9-16(23)24)17(25)20-8-2-3-15-21-22-18(19)26-15/h4-7,14H,2-3,8-11H2,1H3,(H2,19,22)(H,20,25). The number of carbonyl (C=O) groups excluding carboxylic acids is 2. The van der Waals surface area contributed by atoms with Gasteiger partial charge in [-0.15, -0.1) is 10.2 Å². The summed E-state index contributed by atoms with van der Waals surface area (Å²) in [4.78, 5) is 26.3. The first-order valence-corrected chi connectivity index (χ1v) is 9.52. The zero-order valence-electron chi connectivity index (χ0n) is 14.8. The molecule has 1 unspecified atom stereocenters. The summed E-state index contributed by atoms with van der Waals surface area (Å²) in [6.45, 7) is 3.62. The molecular formula is C18H23N5O2S. The zero-order chi connectivity index (χ0) is 18.5. The van der Waals surface area contributed by atoms with Crippen molar-refractivity contribution in [3.05, 3.63) is 40.4 Å². The molecule has 1 aromatic carbocycles. The molecule has 1 atom stereocenters. The van der Waals surface area contributed by atoms with Gasteiger partial charge >= 0.3 is 0 Å². The molecule has 2 amide bonds. The van der Waals surface area contributed by atoms with Crippen molar-refractivity contribution in [3.8, 4) is 0 Å². The van der Waals surface area contributed by atoms with Crippen LogP contribution in [0.15, 0.2) is 24.3 Å². The number of nitrogens with two attached hydrogens (primary N) is 1. The topological polar surface area (TPSA) is 101 Å². The van der Waals surface area contributed by atoms with E-state index < -0.39 is 0 Å². The van der Waals surface area contributed by atoms with Crippen LogP contribution in [0.5, 0.6) is 0 Å². The molecule has 1 aliphatic heterocycles. The molecule has 138 valence electrons. The molecule has 1 saturated heterocycles. The Morgan fingerprint density at radius 3 is 2.81 bits per heavy atom. The van der Waals surface area contributed by atoms with Crippen molar-refractivity contribution in [2.24, 2.45) is 5.92 Å². The molecule has 0 saturated carbocycles. The number of nitrogens with one attached hydrogen (secondary N) is 1. The second-order valence-corrected chi connectivity index (χ2v) is 7.68. The summed E-state index contributed by atoms with van der Waals surface area (Å²) in [5.74, 6) is -0.290. The van der Waals surface area contributed by atoms with Crippen LogP contribution >= 0.6 is 11.3 Å². The van der Waals surface area contributed by atoms with Crippen LogP contribution in [0.3, 0.4) is 0 Å².